The van der Waals surface area contributed by atoms with E-state index in [-0.39, 0.29) is 17.9 Å². The predicted molar refractivity (Wildman–Crippen MR) is 99.5 cm³/mol. The second kappa shape index (κ2) is 9.19. The van der Waals surface area contributed by atoms with Gasteiger partial charge in [0.05, 0.1) is 6.04 Å². The van der Waals surface area contributed by atoms with Gasteiger partial charge in [-0.15, -0.1) is 0 Å². The highest BCUT2D eigenvalue weighted by atomic mass is 16.2. The Morgan fingerprint density at radius 2 is 2.04 bits per heavy atom. The highest BCUT2D eigenvalue weighted by Crippen LogP contribution is 2.20. The summed E-state index contributed by atoms with van der Waals surface area (Å²) in [6.07, 6.45) is 2.29. The molecule has 0 unspecified atom stereocenters. The number of piperidine rings is 1. The molecule has 1 heterocycles. The van der Waals surface area contributed by atoms with Crippen LogP contribution in [0.25, 0.3) is 0 Å². The van der Waals surface area contributed by atoms with Crippen molar-refractivity contribution in [2.75, 3.05) is 26.2 Å². The van der Waals surface area contributed by atoms with Gasteiger partial charge in [-0.25, -0.2) is 0 Å². The largest absolute Gasteiger partial charge is 0.341 e. The third-order valence-electron chi connectivity index (χ3n) is 5.05. The van der Waals surface area contributed by atoms with Gasteiger partial charge in [-0.05, 0) is 36.8 Å². The van der Waals surface area contributed by atoms with Gasteiger partial charge in [-0.2, -0.15) is 0 Å². The minimum absolute atomic E-state index is 0.126. The number of nitrogens with two attached hydrogens (primary N) is 1. The Hall–Kier alpha value is -1.39. The fourth-order valence-electron chi connectivity index (χ4n) is 3.42. The van der Waals surface area contributed by atoms with Gasteiger partial charge in [0.2, 0.25) is 5.91 Å². The third kappa shape index (κ3) is 5.32. The highest BCUT2D eigenvalue weighted by molar-refractivity contribution is 5.82. The highest BCUT2D eigenvalue weighted by Gasteiger charge is 2.29. The molecule has 1 aromatic rings. The van der Waals surface area contributed by atoms with Gasteiger partial charge in [0.25, 0.3) is 0 Å². The molecule has 1 saturated heterocycles. The number of rotatable bonds is 7. The number of amides is 1. The van der Waals surface area contributed by atoms with Crippen LogP contribution in [0.1, 0.15) is 39.2 Å². The van der Waals surface area contributed by atoms with Gasteiger partial charge in [0.15, 0.2) is 0 Å². The van der Waals surface area contributed by atoms with Crippen molar-refractivity contribution in [3.63, 3.8) is 0 Å². The molecule has 24 heavy (non-hydrogen) atoms. The molecule has 1 aliphatic rings. The number of carbonyl (C=O) groups excluding carboxylic acids is 1. The van der Waals surface area contributed by atoms with E-state index in [1.54, 1.807) is 0 Å². The molecule has 2 rings (SSSR count). The van der Waals surface area contributed by atoms with Crippen LogP contribution in [-0.4, -0.2) is 47.9 Å². The molecule has 0 radical (unpaired) electrons. The van der Waals surface area contributed by atoms with Gasteiger partial charge in [0.1, 0.15) is 0 Å². The minimum Gasteiger partial charge on any atom is -0.341 e. The van der Waals surface area contributed by atoms with Crippen LogP contribution in [-0.2, 0) is 11.3 Å². The zero-order chi connectivity index (χ0) is 17.5. The monoisotopic (exact) mass is 331 g/mol. The van der Waals surface area contributed by atoms with Crippen LogP contribution in [0.15, 0.2) is 30.3 Å². The molecule has 0 spiro atoms. The molecule has 0 bridgehead atoms. The fourth-order valence-corrected chi connectivity index (χ4v) is 3.42. The second-order valence-electron chi connectivity index (χ2n) is 7.38. The molecule has 134 valence electrons. The zero-order valence-corrected chi connectivity index (χ0v) is 15.4. The first-order valence-corrected chi connectivity index (χ1v) is 9.32. The molecule has 4 nitrogen and oxygen atoms in total. The number of hydrogen-bond acceptors (Lipinski definition) is 3. The lowest BCUT2D eigenvalue weighted by atomic mass is 9.95. The van der Waals surface area contributed by atoms with Gasteiger partial charge in [-0.3, -0.25) is 9.69 Å². The van der Waals surface area contributed by atoms with E-state index in [2.05, 4.69) is 42.2 Å². The first-order valence-electron chi connectivity index (χ1n) is 9.32. The number of benzene rings is 1. The van der Waals surface area contributed by atoms with E-state index in [1.807, 2.05) is 18.7 Å². The Balaban J connectivity index is 1.90. The van der Waals surface area contributed by atoms with Crippen LogP contribution in [0.2, 0.25) is 0 Å². The normalized spacial score (nSPS) is 19.8. The fraction of sp³-hybridized carbons (Fsp3) is 0.650. The van der Waals surface area contributed by atoms with E-state index in [1.165, 1.54) is 12.0 Å². The van der Waals surface area contributed by atoms with Gasteiger partial charge >= 0.3 is 0 Å². The Bertz CT molecular complexity index is 503. The van der Waals surface area contributed by atoms with Gasteiger partial charge in [-0.1, -0.05) is 51.1 Å². The standard InChI is InChI=1S/C20H33N3O/c1-4-22(13-17-9-6-5-7-10-17)14-18-11-8-12-23(15-18)20(24)19(21)16(2)3/h5-7,9-10,16,18-19H,4,8,11-15,21H2,1-3H3/t18-,19-/m0/s1. The Morgan fingerprint density at radius 1 is 1.33 bits per heavy atom. The van der Waals surface area contributed by atoms with E-state index < -0.39 is 0 Å². The number of nitrogens with zero attached hydrogens (tertiary/aromatic N) is 2. The van der Waals surface area contributed by atoms with Crippen LogP contribution in [0, 0.1) is 11.8 Å². The minimum atomic E-state index is -0.365. The average Bonchev–Trinajstić information content (AvgIpc) is 2.61. The van der Waals surface area contributed by atoms with E-state index in [4.69, 9.17) is 5.73 Å². The van der Waals surface area contributed by atoms with Crippen LogP contribution in [0.5, 0.6) is 0 Å². The smallest absolute Gasteiger partial charge is 0.239 e. The van der Waals surface area contributed by atoms with Crippen molar-refractivity contribution < 1.29 is 4.79 Å². The Kier molecular flexibility index (Phi) is 7.25. The molecule has 0 aliphatic carbocycles. The summed E-state index contributed by atoms with van der Waals surface area (Å²) >= 11 is 0. The lowest BCUT2D eigenvalue weighted by Gasteiger charge is -2.37. The lowest BCUT2D eigenvalue weighted by molar-refractivity contribution is -0.135. The van der Waals surface area contributed by atoms with Crippen molar-refractivity contribution in [2.45, 2.75) is 46.2 Å². The first kappa shape index (κ1) is 18.9. The molecule has 4 heteroatoms. The summed E-state index contributed by atoms with van der Waals surface area (Å²) in [4.78, 5) is 17.0. The van der Waals surface area contributed by atoms with Crippen LogP contribution in [0.3, 0.4) is 0 Å². The SMILES string of the molecule is CCN(Cc1ccccc1)C[C@@H]1CCCN(C(=O)[C@@H](N)C(C)C)C1. The van der Waals surface area contributed by atoms with Crippen LogP contribution >= 0.6 is 0 Å². The van der Waals surface area contributed by atoms with Crippen LogP contribution in [0.4, 0.5) is 0 Å². The number of hydrogen-bond donors (Lipinski definition) is 1. The number of likely N-dealkylation sites (tertiary alicyclic amines) is 1. The molecule has 1 fully saturated rings. The topological polar surface area (TPSA) is 49.6 Å². The summed E-state index contributed by atoms with van der Waals surface area (Å²) in [6.45, 7) is 11.0. The summed E-state index contributed by atoms with van der Waals surface area (Å²) in [5.41, 5.74) is 7.42. The quantitative estimate of drug-likeness (QED) is 0.836. The van der Waals surface area contributed by atoms with Crippen molar-refractivity contribution >= 4 is 5.91 Å². The van der Waals surface area contributed by atoms with Gasteiger partial charge < -0.3 is 10.6 Å². The summed E-state index contributed by atoms with van der Waals surface area (Å²) < 4.78 is 0. The Labute approximate surface area is 147 Å². The predicted octanol–water partition coefficient (Wildman–Crippen LogP) is 2.73. The lowest BCUT2D eigenvalue weighted by Crippen LogP contribution is -2.51. The maximum atomic E-state index is 12.5. The van der Waals surface area contributed by atoms with E-state index in [0.29, 0.717) is 5.92 Å². The average molecular weight is 332 g/mol. The van der Waals surface area contributed by atoms with E-state index in [0.717, 1.165) is 39.1 Å². The molecular formula is C20H33N3O. The molecule has 1 aliphatic heterocycles. The summed E-state index contributed by atoms with van der Waals surface area (Å²) in [7, 11) is 0. The molecule has 0 saturated carbocycles. The molecular weight excluding hydrogens is 298 g/mol. The van der Waals surface area contributed by atoms with Crippen molar-refractivity contribution in [3.05, 3.63) is 35.9 Å². The number of carbonyl (C=O) groups is 1. The summed E-state index contributed by atoms with van der Waals surface area (Å²) in [6, 6.07) is 10.2. The zero-order valence-electron chi connectivity index (χ0n) is 15.4. The summed E-state index contributed by atoms with van der Waals surface area (Å²) in [5.74, 6) is 0.870. The molecule has 2 N–H and O–H groups in total. The van der Waals surface area contributed by atoms with E-state index in [9.17, 15) is 4.79 Å². The van der Waals surface area contributed by atoms with Crippen molar-refractivity contribution in [1.29, 1.82) is 0 Å². The molecule has 1 aromatic carbocycles. The molecule has 0 aromatic heterocycles. The first-order chi connectivity index (χ1) is 11.5. The maximum Gasteiger partial charge on any atom is 0.239 e. The van der Waals surface area contributed by atoms with Crippen molar-refractivity contribution in [3.8, 4) is 0 Å². The second-order valence-corrected chi connectivity index (χ2v) is 7.38. The van der Waals surface area contributed by atoms with Crippen molar-refractivity contribution in [2.24, 2.45) is 17.6 Å². The molecule has 2 atom stereocenters. The Morgan fingerprint density at radius 3 is 2.67 bits per heavy atom. The van der Waals surface area contributed by atoms with Crippen molar-refractivity contribution in [1.82, 2.24) is 9.80 Å². The third-order valence-corrected chi connectivity index (χ3v) is 5.05. The maximum absolute atomic E-state index is 12.5. The summed E-state index contributed by atoms with van der Waals surface area (Å²) in [5, 5.41) is 0. The van der Waals surface area contributed by atoms with E-state index >= 15 is 0 Å². The van der Waals surface area contributed by atoms with Crippen LogP contribution < -0.4 is 5.73 Å². The molecule has 1 amide bonds. The van der Waals surface area contributed by atoms with Gasteiger partial charge in [0, 0.05) is 26.2 Å².